The average molecular weight is 415 g/mol. The molecule has 3 aromatic rings. The Bertz CT molecular complexity index is 1100. The Balaban J connectivity index is 1.46. The first kappa shape index (κ1) is 20.5. The van der Waals surface area contributed by atoms with E-state index in [2.05, 4.69) is 17.6 Å². The second-order valence-corrected chi connectivity index (χ2v) is 7.57. The van der Waals surface area contributed by atoms with Gasteiger partial charge in [-0.2, -0.15) is 0 Å². The summed E-state index contributed by atoms with van der Waals surface area (Å²) in [6.45, 7) is 2.40. The normalized spacial score (nSPS) is 14.6. The standard InChI is InChI=1S/C25H25N3O3/c1-17-14-20-13-12-18(15-22(20)28(17)24(29)19-8-4-3-5-9-19)16-26-25(30)27-21-10-6-7-11-23(21)31-2/h3-13,15,17H,14,16H2,1-2H3,(H2,26,27,30)/t17-/m0/s1. The van der Waals surface area contributed by atoms with E-state index in [4.69, 9.17) is 4.74 Å². The van der Waals surface area contributed by atoms with Crippen LogP contribution >= 0.6 is 0 Å². The zero-order chi connectivity index (χ0) is 21.8. The SMILES string of the molecule is COc1ccccc1NC(=O)NCc1ccc2c(c1)N(C(=O)c1ccccc1)[C@@H](C)C2. The minimum Gasteiger partial charge on any atom is -0.495 e. The summed E-state index contributed by atoms with van der Waals surface area (Å²) in [5.74, 6) is 0.588. The summed E-state index contributed by atoms with van der Waals surface area (Å²) < 4.78 is 5.26. The lowest BCUT2D eigenvalue weighted by atomic mass is 10.1. The molecular formula is C25H25N3O3. The van der Waals surface area contributed by atoms with E-state index < -0.39 is 0 Å². The molecule has 6 nitrogen and oxygen atoms in total. The number of nitrogens with one attached hydrogen (secondary N) is 2. The minimum atomic E-state index is -0.324. The molecule has 0 spiro atoms. The molecule has 4 rings (SSSR count). The van der Waals surface area contributed by atoms with Crippen LogP contribution in [0.4, 0.5) is 16.2 Å². The van der Waals surface area contributed by atoms with Crippen LogP contribution in [0.3, 0.4) is 0 Å². The molecule has 31 heavy (non-hydrogen) atoms. The third-order valence-corrected chi connectivity index (χ3v) is 5.41. The number of hydrogen-bond acceptors (Lipinski definition) is 3. The van der Waals surface area contributed by atoms with E-state index in [0.717, 1.165) is 23.2 Å². The number of benzene rings is 3. The molecule has 0 saturated heterocycles. The van der Waals surface area contributed by atoms with Crippen LogP contribution in [0.15, 0.2) is 72.8 Å². The van der Waals surface area contributed by atoms with Crippen LogP contribution in [-0.2, 0) is 13.0 Å². The summed E-state index contributed by atoms with van der Waals surface area (Å²) in [7, 11) is 1.56. The molecule has 0 aliphatic carbocycles. The number of nitrogens with zero attached hydrogens (tertiary/aromatic N) is 1. The van der Waals surface area contributed by atoms with Crippen molar-refractivity contribution in [2.75, 3.05) is 17.3 Å². The van der Waals surface area contributed by atoms with Crippen LogP contribution in [0.2, 0.25) is 0 Å². The maximum absolute atomic E-state index is 13.1. The lowest BCUT2D eigenvalue weighted by Crippen LogP contribution is -2.35. The van der Waals surface area contributed by atoms with E-state index in [1.807, 2.05) is 65.6 Å². The molecule has 1 heterocycles. The quantitative estimate of drug-likeness (QED) is 0.639. The Morgan fingerprint density at radius 2 is 1.77 bits per heavy atom. The highest BCUT2D eigenvalue weighted by Crippen LogP contribution is 2.34. The van der Waals surface area contributed by atoms with Crippen LogP contribution in [0, 0.1) is 0 Å². The van der Waals surface area contributed by atoms with E-state index in [1.54, 1.807) is 19.2 Å². The van der Waals surface area contributed by atoms with Crippen LogP contribution in [0.5, 0.6) is 5.75 Å². The number of amides is 3. The van der Waals surface area contributed by atoms with Gasteiger partial charge in [-0.3, -0.25) is 4.79 Å². The fourth-order valence-electron chi connectivity index (χ4n) is 3.89. The molecule has 0 unspecified atom stereocenters. The van der Waals surface area contributed by atoms with Crippen molar-refractivity contribution < 1.29 is 14.3 Å². The maximum Gasteiger partial charge on any atom is 0.319 e. The Morgan fingerprint density at radius 1 is 1.03 bits per heavy atom. The van der Waals surface area contributed by atoms with Gasteiger partial charge in [0.2, 0.25) is 0 Å². The summed E-state index contributed by atoms with van der Waals surface area (Å²) in [6.07, 6.45) is 0.815. The zero-order valence-corrected chi connectivity index (χ0v) is 17.6. The van der Waals surface area contributed by atoms with Crippen molar-refractivity contribution in [2.24, 2.45) is 0 Å². The second kappa shape index (κ2) is 8.92. The molecule has 0 fully saturated rings. The van der Waals surface area contributed by atoms with Crippen LogP contribution in [-0.4, -0.2) is 25.1 Å². The third-order valence-electron chi connectivity index (χ3n) is 5.41. The van der Waals surface area contributed by atoms with E-state index in [1.165, 1.54) is 0 Å². The Kier molecular flexibility index (Phi) is 5.89. The number of para-hydroxylation sites is 2. The maximum atomic E-state index is 13.1. The minimum absolute atomic E-state index is 0.00845. The predicted octanol–water partition coefficient (Wildman–Crippen LogP) is 4.61. The lowest BCUT2D eigenvalue weighted by Gasteiger charge is -2.23. The highest BCUT2D eigenvalue weighted by atomic mass is 16.5. The van der Waals surface area contributed by atoms with Gasteiger partial charge in [-0.15, -0.1) is 0 Å². The van der Waals surface area contributed by atoms with Gasteiger partial charge in [-0.05, 0) is 54.8 Å². The smallest absolute Gasteiger partial charge is 0.319 e. The molecule has 1 aliphatic rings. The molecule has 0 aromatic heterocycles. The largest absolute Gasteiger partial charge is 0.495 e. The van der Waals surface area contributed by atoms with E-state index >= 15 is 0 Å². The van der Waals surface area contributed by atoms with E-state index in [9.17, 15) is 9.59 Å². The monoisotopic (exact) mass is 415 g/mol. The molecule has 3 amide bonds. The fraction of sp³-hybridized carbons (Fsp3) is 0.200. The Hall–Kier alpha value is -3.80. The molecule has 0 bridgehead atoms. The number of urea groups is 1. The molecule has 3 aromatic carbocycles. The average Bonchev–Trinajstić information content (AvgIpc) is 3.13. The van der Waals surface area contributed by atoms with Crippen molar-refractivity contribution in [3.63, 3.8) is 0 Å². The molecule has 1 atom stereocenters. The van der Waals surface area contributed by atoms with Crippen molar-refractivity contribution in [1.29, 1.82) is 0 Å². The number of rotatable bonds is 5. The van der Waals surface area contributed by atoms with Crippen molar-refractivity contribution >= 4 is 23.3 Å². The van der Waals surface area contributed by atoms with E-state index in [0.29, 0.717) is 23.5 Å². The van der Waals surface area contributed by atoms with Gasteiger partial charge < -0.3 is 20.3 Å². The second-order valence-electron chi connectivity index (χ2n) is 7.57. The Labute approximate surface area is 181 Å². The number of hydrogen-bond donors (Lipinski definition) is 2. The van der Waals surface area contributed by atoms with Gasteiger partial charge in [-0.1, -0.05) is 42.5 Å². The summed E-state index contributed by atoms with van der Waals surface area (Å²) in [5.41, 5.74) is 4.24. The molecule has 0 saturated carbocycles. The molecule has 2 N–H and O–H groups in total. The van der Waals surface area contributed by atoms with Gasteiger partial charge in [0.05, 0.1) is 12.8 Å². The molecular weight excluding hydrogens is 390 g/mol. The number of fused-ring (bicyclic) bond motifs is 1. The van der Waals surface area contributed by atoms with Crippen molar-refractivity contribution in [3.8, 4) is 5.75 Å². The fourth-order valence-corrected chi connectivity index (χ4v) is 3.89. The first-order valence-corrected chi connectivity index (χ1v) is 10.2. The summed E-state index contributed by atoms with van der Waals surface area (Å²) in [4.78, 5) is 27.3. The van der Waals surface area contributed by atoms with Gasteiger partial charge in [0, 0.05) is 23.8 Å². The number of carbonyl (C=O) groups is 2. The van der Waals surface area contributed by atoms with Gasteiger partial charge in [0.15, 0.2) is 0 Å². The Morgan fingerprint density at radius 3 is 2.55 bits per heavy atom. The topological polar surface area (TPSA) is 70.7 Å². The first-order valence-electron chi connectivity index (χ1n) is 10.2. The van der Waals surface area contributed by atoms with Crippen LogP contribution in [0.25, 0.3) is 0 Å². The lowest BCUT2D eigenvalue weighted by molar-refractivity contribution is 0.0981. The molecule has 1 aliphatic heterocycles. The van der Waals surface area contributed by atoms with Crippen molar-refractivity contribution in [2.45, 2.75) is 25.9 Å². The number of anilines is 2. The summed E-state index contributed by atoms with van der Waals surface area (Å²) in [5, 5.41) is 5.67. The first-order chi connectivity index (χ1) is 15.1. The van der Waals surface area contributed by atoms with Gasteiger partial charge >= 0.3 is 6.03 Å². The van der Waals surface area contributed by atoms with Crippen molar-refractivity contribution in [1.82, 2.24) is 5.32 Å². The van der Waals surface area contributed by atoms with E-state index in [-0.39, 0.29) is 18.0 Å². The zero-order valence-electron chi connectivity index (χ0n) is 17.6. The summed E-state index contributed by atoms with van der Waals surface area (Å²) >= 11 is 0. The van der Waals surface area contributed by atoms with Crippen LogP contribution in [0.1, 0.15) is 28.4 Å². The van der Waals surface area contributed by atoms with Crippen molar-refractivity contribution in [3.05, 3.63) is 89.5 Å². The molecule has 6 heteroatoms. The van der Waals surface area contributed by atoms with Gasteiger partial charge in [0.1, 0.15) is 5.75 Å². The predicted molar refractivity (Wildman–Crippen MR) is 122 cm³/mol. The van der Waals surface area contributed by atoms with Crippen LogP contribution < -0.4 is 20.3 Å². The third kappa shape index (κ3) is 4.38. The highest BCUT2D eigenvalue weighted by Gasteiger charge is 2.31. The number of carbonyl (C=O) groups excluding carboxylic acids is 2. The van der Waals surface area contributed by atoms with Gasteiger partial charge in [0.25, 0.3) is 5.91 Å². The molecule has 0 radical (unpaired) electrons. The number of methoxy groups -OCH3 is 1. The summed E-state index contributed by atoms with van der Waals surface area (Å²) in [6, 6.07) is 22.3. The van der Waals surface area contributed by atoms with Gasteiger partial charge in [-0.25, -0.2) is 4.79 Å². The number of ether oxygens (including phenoxy) is 1. The molecule has 158 valence electrons. The highest BCUT2D eigenvalue weighted by molar-refractivity contribution is 6.07.